The molecule has 2 heterocycles. The van der Waals surface area contributed by atoms with E-state index < -0.39 is 0 Å². The van der Waals surface area contributed by atoms with Gasteiger partial charge < -0.3 is 4.42 Å². The van der Waals surface area contributed by atoms with Crippen LogP contribution in [-0.2, 0) is 11.3 Å². The molecule has 0 radical (unpaired) electrons. The number of furan rings is 1. The van der Waals surface area contributed by atoms with Crippen molar-refractivity contribution >= 4 is 44.4 Å². The van der Waals surface area contributed by atoms with Crippen LogP contribution in [-0.4, -0.2) is 17.1 Å². The van der Waals surface area contributed by atoms with Gasteiger partial charge in [0, 0.05) is 10.8 Å². The maximum Gasteiger partial charge on any atom is 0.232 e. The number of hydrogen-bond acceptors (Lipinski definition) is 5. The molecule has 1 amide bonds. The molecule has 1 aliphatic rings. The Kier molecular flexibility index (Phi) is 5.31. The van der Waals surface area contributed by atoms with Crippen molar-refractivity contribution in [3.05, 3.63) is 42.4 Å². The van der Waals surface area contributed by atoms with Gasteiger partial charge in [0.1, 0.15) is 5.76 Å². The molecule has 3 aromatic rings. The Labute approximate surface area is 161 Å². The number of carbonyl (C=O) groups is 1. The second-order valence-electron chi connectivity index (χ2n) is 6.67. The molecule has 1 aromatic carbocycles. The van der Waals surface area contributed by atoms with Gasteiger partial charge >= 0.3 is 0 Å². The van der Waals surface area contributed by atoms with Crippen molar-refractivity contribution in [2.45, 2.75) is 43.5 Å². The molecule has 6 heteroatoms. The predicted octanol–water partition coefficient (Wildman–Crippen LogP) is 5.72. The first-order chi connectivity index (χ1) is 12.7. The van der Waals surface area contributed by atoms with Crippen LogP contribution in [0.2, 0.25) is 0 Å². The molecule has 1 aliphatic carbocycles. The third-order valence-electron chi connectivity index (χ3n) is 4.93. The molecule has 0 unspecified atom stereocenters. The van der Waals surface area contributed by atoms with Crippen LogP contribution in [0.5, 0.6) is 0 Å². The summed E-state index contributed by atoms with van der Waals surface area (Å²) in [7, 11) is 0. The van der Waals surface area contributed by atoms with E-state index in [1.54, 1.807) is 29.4 Å². The summed E-state index contributed by atoms with van der Waals surface area (Å²) in [6, 6.07) is 10.0. The van der Waals surface area contributed by atoms with Crippen LogP contribution in [0.15, 0.2) is 45.9 Å². The van der Waals surface area contributed by atoms with Crippen molar-refractivity contribution in [3.8, 4) is 0 Å². The topological polar surface area (TPSA) is 46.3 Å². The normalized spacial score (nSPS) is 15.4. The number of anilines is 1. The number of hydrogen-bond donors (Lipinski definition) is 0. The summed E-state index contributed by atoms with van der Waals surface area (Å²) in [6.07, 6.45) is 9.20. The van der Waals surface area contributed by atoms with Crippen LogP contribution in [0.4, 0.5) is 5.13 Å². The van der Waals surface area contributed by atoms with E-state index in [-0.39, 0.29) is 11.8 Å². The van der Waals surface area contributed by atoms with Crippen LogP contribution in [0.1, 0.15) is 37.9 Å². The zero-order valence-corrected chi connectivity index (χ0v) is 16.4. The number of nitrogens with zero attached hydrogens (tertiary/aromatic N) is 2. The molecule has 4 rings (SSSR count). The summed E-state index contributed by atoms with van der Waals surface area (Å²) in [5.74, 6) is 1.08. The fraction of sp³-hybridized carbons (Fsp3) is 0.400. The number of thiazole rings is 1. The first-order valence-corrected chi connectivity index (χ1v) is 11.1. The van der Waals surface area contributed by atoms with Crippen LogP contribution < -0.4 is 4.90 Å². The van der Waals surface area contributed by atoms with Gasteiger partial charge in [0.15, 0.2) is 5.13 Å². The van der Waals surface area contributed by atoms with Crippen LogP contribution in [0.25, 0.3) is 10.2 Å². The summed E-state index contributed by atoms with van der Waals surface area (Å²) in [4.78, 5) is 21.1. The lowest BCUT2D eigenvalue weighted by molar-refractivity contribution is -0.123. The van der Waals surface area contributed by atoms with E-state index in [0.717, 1.165) is 46.8 Å². The molecule has 2 aromatic heterocycles. The van der Waals surface area contributed by atoms with Crippen molar-refractivity contribution < 1.29 is 9.21 Å². The van der Waals surface area contributed by atoms with Gasteiger partial charge in [-0.25, -0.2) is 4.98 Å². The lowest BCUT2D eigenvalue weighted by Gasteiger charge is -2.27. The number of benzene rings is 1. The minimum atomic E-state index is 0.104. The Morgan fingerprint density at radius 2 is 2.15 bits per heavy atom. The molecule has 0 N–H and O–H groups in total. The highest BCUT2D eigenvalue weighted by molar-refractivity contribution is 7.98. The predicted molar refractivity (Wildman–Crippen MR) is 108 cm³/mol. The van der Waals surface area contributed by atoms with Crippen molar-refractivity contribution in [1.82, 2.24) is 4.98 Å². The van der Waals surface area contributed by atoms with Gasteiger partial charge in [-0.15, -0.1) is 11.8 Å². The highest BCUT2D eigenvalue weighted by Gasteiger charge is 2.29. The largest absolute Gasteiger partial charge is 0.467 e. The van der Waals surface area contributed by atoms with Crippen LogP contribution >= 0.6 is 23.1 Å². The Hall–Kier alpha value is -1.79. The number of carbonyl (C=O) groups excluding carboxylic acids is 1. The smallest absolute Gasteiger partial charge is 0.232 e. The quantitative estimate of drug-likeness (QED) is 0.526. The Bertz CT molecular complexity index is 882. The van der Waals surface area contributed by atoms with Gasteiger partial charge in [-0.2, -0.15) is 0 Å². The monoisotopic (exact) mass is 386 g/mol. The van der Waals surface area contributed by atoms with E-state index in [1.807, 2.05) is 23.1 Å². The van der Waals surface area contributed by atoms with E-state index in [9.17, 15) is 4.79 Å². The summed E-state index contributed by atoms with van der Waals surface area (Å²) >= 11 is 3.31. The Morgan fingerprint density at radius 1 is 1.31 bits per heavy atom. The highest BCUT2D eigenvalue weighted by Crippen LogP contribution is 2.35. The summed E-state index contributed by atoms with van der Waals surface area (Å²) < 4.78 is 6.63. The van der Waals surface area contributed by atoms with Crippen molar-refractivity contribution in [3.63, 3.8) is 0 Å². The van der Waals surface area contributed by atoms with E-state index in [2.05, 4.69) is 18.4 Å². The molecular formula is C20H22N2O2S2. The van der Waals surface area contributed by atoms with Gasteiger partial charge in [0.05, 0.1) is 23.0 Å². The van der Waals surface area contributed by atoms with E-state index in [0.29, 0.717) is 6.54 Å². The minimum Gasteiger partial charge on any atom is -0.467 e. The average Bonchev–Trinajstić information content (AvgIpc) is 3.34. The molecule has 0 bridgehead atoms. The molecule has 0 atom stereocenters. The Balaban J connectivity index is 1.68. The fourth-order valence-electron chi connectivity index (χ4n) is 3.50. The third kappa shape index (κ3) is 3.67. The van der Waals surface area contributed by atoms with Gasteiger partial charge in [0.25, 0.3) is 0 Å². The van der Waals surface area contributed by atoms with Crippen LogP contribution in [0.3, 0.4) is 0 Å². The fourth-order valence-corrected chi connectivity index (χ4v) is 5.03. The van der Waals surface area contributed by atoms with E-state index in [1.165, 1.54) is 11.3 Å². The lowest BCUT2D eigenvalue weighted by Crippen LogP contribution is -2.36. The van der Waals surface area contributed by atoms with Gasteiger partial charge in [-0.3, -0.25) is 9.69 Å². The average molecular weight is 387 g/mol. The maximum atomic E-state index is 13.3. The number of fused-ring (bicyclic) bond motifs is 1. The maximum absolute atomic E-state index is 13.3. The lowest BCUT2D eigenvalue weighted by atomic mass is 9.88. The molecule has 0 spiro atoms. The SMILES string of the molecule is CSc1ccc2nc(N(Cc3ccco3)C(=O)C3CCCCC3)sc2c1. The molecule has 0 saturated heterocycles. The third-order valence-corrected chi connectivity index (χ3v) is 6.70. The zero-order chi connectivity index (χ0) is 17.9. The number of thioether (sulfide) groups is 1. The summed E-state index contributed by atoms with van der Waals surface area (Å²) in [5.41, 5.74) is 0.948. The zero-order valence-electron chi connectivity index (χ0n) is 14.8. The molecule has 1 fully saturated rings. The molecule has 1 saturated carbocycles. The van der Waals surface area contributed by atoms with Gasteiger partial charge in [0.2, 0.25) is 5.91 Å². The second kappa shape index (κ2) is 7.84. The first-order valence-electron chi connectivity index (χ1n) is 9.03. The first kappa shape index (κ1) is 17.6. The number of rotatable bonds is 5. The molecule has 26 heavy (non-hydrogen) atoms. The second-order valence-corrected chi connectivity index (χ2v) is 8.56. The van der Waals surface area contributed by atoms with Gasteiger partial charge in [-0.05, 0) is 49.4 Å². The van der Waals surface area contributed by atoms with Crippen molar-refractivity contribution in [2.24, 2.45) is 5.92 Å². The van der Waals surface area contributed by atoms with Gasteiger partial charge in [-0.1, -0.05) is 30.6 Å². The summed E-state index contributed by atoms with van der Waals surface area (Å²) in [5, 5.41) is 0.769. The minimum absolute atomic E-state index is 0.104. The molecule has 136 valence electrons. The van der Waals surface area contributed by atoms with Crippen LogP contribution in [0, 0.1) is 5.92 Å². The number of aromatic nitrogens is 1. The Morgan fingerprint density at radius 3 is 2.88 bits per heavy atom. The van der Waals surface area contributed by atoms with Crippen molar-refractivity contribution in [1.29, 1.82) is 0 Å². The molecular weight excluding hydrogens is 364 g/mol. The standard InChI is InChI=1S/C20H22N2O2S2/c1-25-16-9-10-17-18(12-16)26-20(21-17)22(13-15-8-5-11-24-15)19(23)14-6-3-2-4-7-14/h5,8-12,14H,2-4,6-7,13H2,1H3. The molecule has 0 aliphatic heterocycles. The van der Waals surface area contributed by atoms with E-state index >= 15 is 0 Å². The van der Waals surface area contributed by atoms with E-state index in [4.69, 9.17) is 9.40 Å². The number of amides is 1. The summed E-state index contributed by atoms with van der Waals surface area (Å²) in [6.45, 7) is 0.442. The van der Waals surface area contributed by atoms with Crippen molar-refractivity contribution in [2.75, 3.05) is 11.2 Å². The highest BCUT2D eigenvalue weighted by atomic mass is 32.2. The molecule has 4 nitrogen and oxygen atoms in total.